The first kappa shape index (κ1) is 13.7. The summed E-state index contributed by atoms with van der Waals surface area (Å²) in [5, 5.41) is 10.6. The van der Waals surface area contributed by atoms with Crippen molar-refractivity contribution < 1.29 is 5.11 Å². The maximum absolute atomic E-state index is 10.6. The first-order chi connectivity index (χ1) is 10.3. The number of aryl methyl sites for hydroxylation is 1. The first-order valence-electron chi connectivity index (χ1n) is 7.25. The van der Waals surface area contributed by atoms with Crippen LogP contribution in [0.5, 0.6) is 0 Å². The number of aromatic nitrogens is 2. The van der Waals surface area contributed by atoms with Crippen LogP contribution in [0.15, 0.2) is 54.9 Å². The van der Waals surface area contributed by atoms with E-state index in [1.807, 2.05) is 30.3 Å². The van der Waals surface area contributed by atoms with Gasteiger partial charge in [-0.1, -0.05) is 43.7 Å². The van der Waals surface area contributed by atoms with Gasteiger partial charge in [-0.15, -0.1) is 0 Å². The second kappa shape index (κ2) is 6.02. The molecule has 1 aromatic heterocycles. The second-order valence-corrected chi connectivity index (χ2v) is 5.20. The van der Waals surface area contributed by atoms with Gasteiger partial charge in [-0.3, -0.25) is 9.97 Å². The van der Waals surface area contributed by atoms with Gasteiger partial charge in [0, 0.05) is 12.4 Å². The number of fused-ring (bicyclic) bond motifs is 1. The van der Waals surface area contributed by atoms with Gasteiger partial charge in [0.25, 0.3) is 0 Å². The van der Waals surface area contributed by atoms with Crippen LogP contribution in [-0.2, 0) is 6.42 Å². The standard InChI is InChI=1S/C18H18N2O/c1-2-4-13-5-3-6-14(11-13)18(21)15-7-8-16-17(12-15)20-10-9-19-16/h3,5-12,18,21H,2,4H2,1H3. The molecule has 0 fully saturated rings. The minimum atomic E-state index is -0.631. The molecule has 3 aromatic rings. The SMILES string of the molecule is CCCc1cccc(C(O)c2ccc3nccnc3c2)c1. The van der Waals surface area contributed by atoms with Gasteiger partial charge in [-0.25, -0.2) is 0 Å². The van der Waals surface area contributed by atoms with Crippen LogP contribution in [0.25, 0.3) is 11.0 Å². The zero-order valence-corrected chi connectivity index (χ0v) is 12.0. The molecule has 0 aliphatic carbocycles. The van der Waals surface area contributed by atoms with E-state index >= 15 is 0 Å². The Hall–Kier alpha value is -2.26. The fourth-order valence-electron chi connectivity index (χ4n) is 2.55. The molecule has 0 bridgehead atoms. The fraction of sp³-hybridized carbons (Fsp3) is 0.222. The van der Waals surface area contributed by atoms with E-state index in [0.29, 0.717) is 0 Å². The lowest BCUT2D eigenvalue weighted by Crippen LogP contribution is -2.01. The van der Waals surface area contributed by atoms with E-state index < -0.39 is 6.10 Å². The van der Waals surface area contributed by atoms with Crippen molar-refractivity contribution in [3.63, 3.8) is 0 Å². The highest BCUT2D eigenvalue weighted by Crippen LogP contribution is 2.25. The van der Waals surface area contributed by atoms with Crippen LogP contribution in [0.2, 0.25) is 0 Å². The molecule has 0 amide bonds. The third-order valence-corrected chi connectivity index (χ3v) is 3.61. The van der Waals surface area contributed by atoms with E-state index in [4.69, 9.17) is 0 Å². The summed E-state index contributed by atoms with van der Waals surface area (Å²) in [6, 6.07) is 13.9. The molecule has 21 heavy (non-hydrogen) atoms. The normalized spacial score (nSPS) is 12.5. The van der Waals surface area contributed by atoms with Gasteiger partial charge in [0.05, 0.1) is 11.0 Å². The van der Waals surface area contributed by atoms with Crippen molar-refractivity contribution in [2.45, 2.75) is 25.9 Å². The zero-order valence-electron chi connectivity index (χ0n) is 12.0. The molecule has 0 radical (unpaired) electrons. The van der Waals surface area contributed by atoms with Crippen molar-refractivity contribution in [3.05, 3.63) is 71.5 Å². The molecule has 1 atom stereocenters. The summed E-state index contributed by atoms with van der Waals surface area (Å²) in [6.45, 7) is 2.16. The van der Waals surface area contributed by atoms with Crippen LogP contribution in [-0.4, -0.2) is 15.1 Å². The summed E-state index contributed by atoms with van der Waals surface area (Å²) in [5.41, 5.74) is 4.67. The molecule has 106 valence electrons. The average Bonchev–Trinajstić information content (AvgIpc) is 2.54. The summed E-state index contributed by atoms with van der Waals surface area (Å²) < 4.78 is 0. The minimum Gasteiger partial charge on any atom is -0.384 e. The topological polar surface area (TPSA) is 46.0 Å². The Morgan fingerprint density at radius 1 is 0.952 bits per heavy atom. The quantitative estimate of drug-likeness (QED) is 0.792. The average molecular weight is 278 g/mol. The van der Waals surface area contributed by atoms with Gasteiger partial charge >= 0.3 is 0 Å². The van der Waals surface area contributed by atoms with E-state index in [-0.39, 0.29) is 0 Å². The minimum absolute atomic E-state index is 0.631. The predicted octanol–water partition coefficient (Wildman–Crippen LogP) is 3.66. The predicted molar refractivity (Wildman–Crippen MR) is 84.0 cm³/mol. The molecule has 1 heterocycles. The van der Waals surface area contributed by atoms with Crippen LogP contribution in [0.1, 0.15) is 36.1 Å². The molecule has 0 saturated heterocycles. The first-order valence-corrected chi connectivity index (χ1v) is 7.25. The van der Waals surface area contributed by atoms with E-state index in [2.05, 4.69) is 29.0 Å². The molecular weight excluding hydrogens is 260 g/mol. The van der Waals surface area contributed by atoms with Gasteiger partial charge in [-0.05, 0) is 35.2 Å². The zero-order chi connectivity index (χ0) is 14.7. The lowest BCUT2D eigenvalue weighted by Gasteiger charge is -2.13. The monoisotopic (exact) mass is 278 g/mol. The summed E-state index contributed by atoms with van der Waals surface area (Å²) in [6.07, 6.45) is 4.84. The Kier molecular flexibility index (Phi) is 3.93. The summed E-state index contributed by atoms with van der Waals surface area (Å²) in [5.74, 6) is 0. The van der Waals surface area contributed by atoms with E-state index in [1.54, 1.807) is 12.4 Å². The molecule has 0 spiro atoms. The van der Waals surface area contributed by atoms with E-state index in [0.717, 1.165) is 35.0 Å². The Morgan fingerprint density at radius 3 is 2.52 bits per heavy atom. The number of rotatable bonds is 4. The number of hydrogen-bond acceptors (Lipinski definition) is 3. The van der Waals surface area contributed by atoms with E-state index in [9.17, 15) is 5.11 Å². The Labute approximate surface area is 124 Å². The molecule has 3 rings (SSSR count). The summed E-state index contributed by atoms with van der Waals surface area (Å²) in [7, 11) is 0. The van der Waals surface area contributed by atoms with Gasteiger partial charge < -0.3 is 5.11 Å². The van der Waals surface area contributed by atoms with Gasteiger partial charge in [0.15, 0.2) is 0 Å². The lowest BCUT2D eigenvalue weighted by molar-refractivity contribution is 0.220. The Morgan fingerprint density at radius 2 is 1.71 bits per heavy atom. The largest absolute Gasteiger partial charge is 0.384 e. The maximum Gasteiger partial charge on any atom is 0.104 e. The van der Waals surface area contributed by atoms with Crippen molar-refractivity contribution in [1.29, 1.82) is 0 Å². The van der Waals surface area contributed by atoms with Crippen molar-refractivity contribution in [1.82, 2.24) is 9.97 Å². The number of hydrogen-bond donors (Lipinski definition) is 1. The third-order valence-electron chi connectivity index (χ3n) is 3.61. The summed E-state index contributed by atoms with van der Waals surface area (Å²) in [4.78, 5) is 8.54. The number of aliphatic hydroxyl groups is 1. The second-order valence-electron chi connectivity index (χ2n) is 5.20. The molecule has 1 unspecified atom stereocenters. The van der Waals surface area contributed by atoms with Gasteiger partial charge in [0.1, 0.15) is 6.10 Å². The number of nitrogens with zero attached hydrogens (tertiary/aromatic N) is 2. The fourth-order valence-corrected chi connectivity index (χ4v) is 2.55. The highest BCUT2D eigenvalue weighted by molar-refractivity contribution is 5.74. The Bertz CT molecular complexity index is 755. The van der Waals surface area contributed by atoms with Crippen molar-refractivity contribution in [2.24, 2.45) is 0 Å². The van der Waals surface area contributed by atoms with Crippen LogP contribution < -0.4 is 0 Å². The molecule has 2 aromatic carbocycles. The van der Waals surface area contributed by atoms with Crippen molar-refractivity contribution in [3.8, 4) is 0 Å². The molecule has 0 saturated carbocycles. The van der Waals surface area contributed by atoms with Crippen LogP contribution >= 0.6 is 0 Å². The van der Waals surface area contributed by atoms with Gasteiger partial charge in [-0.2, -0.15) is 0 Å². The lowest BCUT2D eigenvalue weighted by atomic mass is 9.98. The van der Waals surface area contributed by atoms with Crippen LogP contribution in [0.3, 0.4) is 0 Å². The van der Waals surface area contributed by atoms with Crippen LogP contribution in [0.4, 0.5) is 0 Å². The summed E-state index contributed by atoms with van der Waals surface area (Å²) >= 11 is 0. The maximum atomic E-state index is 10.6. The molecule has 1 N–H and O–H groups in total. The number of aliphatic hydroxyl groups excluding tert-OH is 1. The molecule has 0 aliphatic rings. The smallest absolute Gasteiger partial charge is 0.104 e. The molecule has 0 aliphatic heterocycles. The van der Waals surface area contributed by atoms with Crippen LogP contribution in [0, 0.1) is 0 Å². The van der Waals surface area contributed by atoms with E-state index in [1.165, 1.54) is 5.56 Å². The highest BCUT2D eigenvalue weighted by Gasteiger charge is 2.12. The van der Waals surface area contributed by atoms with Crippen molar-refractivity contribution in [2.75, 3.05) is 0 Å². The van der Waals surface area contributed by atoms with Crippen molar-refractivity contribution >= 4 is 11.0 Å². The highest BCUT2D eigenvalue weighted by atomic mass is 16.3. The molecule has 3 heteroatoms. The number of benzene rings is 2. The Balaban J connectivity index is 1.95. The molecular formula is C18H18N2O. The van der Waals surface area contributed by atoms with Gasteiger partial charge in [0.2, 0.25) is 0 Å². The molecule has 3 nitrogen and oxygen atoms in total. The third kappa shape index (κ3) is 2.93.